The molecule has 3 aromatic rings. The first-order valence-corrected chi connectivity index (χ1v) is 8.21. The van der Waals surface area contributed by atoms with Crippen LogP contribution in [-0.4, -0.2) is 33.1 Å². The number of carbonyl (C=O) groups is 2. The Labute approximate surface area is 143 Å². The number of anilines is 1. The van der Waals surface area contributed by atoms with Crippen LogP contribution in [0.3, 0.4) is 0 Å². The summed E-state index contributed by atoms with van der Waals surface area (Å²) in [5.74, 6) is 0.571. The lowest BCUT2D eigenvalue weighted by molar-refractivity contribution is 0.0950. The summed E-state index contributed by atoms with van der Waals surface area (Å²) in [7, 11) is 0. The van der Waals surface area contributed by atoms with Crippen LogP contribution < -0.4 is 10.6 Å². The lowest BCUT2D eigenvalue weighted by Gasteiger charge is -2.05. The maximum Gasteiger partial charge on any atom is 0.275 e. The smallest absolute Gasteiger partial charge is 0.275 e. The molecule has 2 N–H and O–H groups in total. The molecule has 2 amide bonds. The molecule has 25 heavy (non-hydrogen) atoms. The minimum absolute atomic E-state index is 0.115. The fraction of sp³-hybridized carbons (Fsp3) is 0.294. The Kier molecular flexibility index (Phi) is 3.72. The third kappa shape index (κ3) is 2.75. The SMILES string of the molecule is CCc1cc(NC(=O)c2ccc3cc4n(c3n2)CCCNC4=O)no1. The third-order valence-corrected chi connectivity index (χ3v) is 4.20. The number of nitrogens with one attached hydrogen (secondary N) is 2. The Morgan fingerprint density at radius 2 is 2.28 bits per heavy atom. The second-order valence-corrected chi connectivity index (χ2v) is 5.89. The van der Waals surface area contributed by atoms with E-state index in [4.69, 9.17) is 4.52 Å². The van der Waals surface area contributed by atoms with Gasteiger partial charge in [-0.1, -0.05) is 12.1 Å². The van der Waals surface area contributed by atoms with Crippen LogP contribution in [0, 0.1) is 0 Å². The third-order valence-electron chi connectivity index (χ3n) is 4.20. The van der Waals surface area contributed by atoms with E-state index in [1.807, 2.05) is 11.5 Å². The van der Waals surface area contributed by atoms with Gasteiger partial charge in [-0.2, -0.15) is 0 Å². The van der Waals surface area contributed by atoms with Crippen molar-refractivity contribution in [3.8, 4) is 0 Å². The summed E-state index contributed by atoms with van der Waals surface area (Å²) < 4.78 is 6.94. The maximum atomic E-state index is 12.4. The van der Waals surface area contributed by atoms with E-state index in [9.17, 15) is 9.59 Å². The Morgan fingerprint density at radius 3 is 3.08 bits per heavy atom. The molecule has 4 heterocycles. The fourth-order valence-corrected chi connectivity index (χ4v) is 2.92. The van der Waals surface area contributed by atoms with Crippen LogP contribution in [0.5, 0.6) is 0 Å². The van der Waals surface area contributed by atoms with Crippen molar-refractivity contribution in [2.24, 2.45) is 0 Å². The van der Waals surface area contributed by atoms with Crippen LogP contribution in [0.4, 0.5) is 5.82 Å². The highest BCUT2D eigenvalue weighted by molar-refractivity contribution is 6.04. The number of nitrogens with zero attached hydrogens (tertiary/aromatic N) is 3. The van der Waals surface area contributed by atoms with Crippen LogP contribution in [0.15, 0.2) is 28.8 Å². The van der Waals surface area contributed by atoms with Gasteiger partial charge in [-0.15, -0.1) is 0 Å². The van der Waals surface area contributed by atoms with Crippen molar-refractivity contribution >= 4 is 28.7 Å². The zero-order chi connectivity index (χ0) is 17.4. The monoisotopic (exact) mass is 339 g/mol. The molecule has 0 atom stereocenters. The van der Waals surface area contributed by atoms with Gasteiger partial charge >= 0.3 is 0 Å². The molecule has 8 nitrogen and oxygen atoms in total. The van der Waals surface area contributed by atoms with Crippen molar-refractivity contribution in [3.05, 3.63) is 41.4 Å². The summed E-state index contributed by atoms with van der Waals surface area (Å²) in [4.78, 5) is 29.0. The summed E-state index contributed by atoms with van der Waals surface area (Å²) in [5.41, 5.74) is 1.47. The van der Waals surface area contributed by atoms with E-state index in [1.54, 1.807) is 24.3 Å². The molecule has 1 aliphatic rings. The molecule has 0 aromatic carbocycles. The molecule has 128 valence electrons. The molecule has 1 aliphatic heterocycles. The number of carbonyl (C=O) groups excluding carboxylic acids is 2. The van der Waals surface area contributed by atoms with Crippen molar-refractivity contribution < 1.29 is 14.1 Å². The first-order chi connectivity index (χ1) is 12.2. The number of hydrogen-bond acceptors (Lipinski definition) is 5. The first-order valence-electron chi connectivity index (χ1n) is 8.21. The van der Waals surface area contributed by atoms with Crippen molar-refractivity contribution in [3.63, 3.8) is 0 Å². The molecule has 4 rings (SSSR count). The van der Waals surface area contributed by atoms with Gasteiger partial charge < -0.3 is 19.7 Å². The van der Waals surface area contributed by atoms with E-state index < -0.39 is 0 Å². The molecule has 0 saturated carbocycles. The molecule has 3 aromatic heterocycles. The average molecular weight is 339 g/mol. The normalized spacial score (nSPS) is 14.0. The van der Waals surface area contributed by atoms with Crippen molar-refractivity contribution in [2.75, 3.05) is 11.9 Å². The maximum absolute atomic E-state index is 12.4. The Morgan fingerprint density at radius 1 is 1.40 bits per heavy atom. The Bertz CT molecular complexity index is 972. The standard InChI is InChI=1S/C17H17N5O3/c1-2-11-9-14(21-25-11)20-16(23)12-5-4-10-8-13-17(24)18-6-3-7-22(13)15(10)19-12/h4-5,8-9H,2-3,6-7H2,1H3,(H,18,24)(H,20,21,23). The Hall–Kier alpha value is -3.16. The lowest BCUT2D eigenvalue weighted by atomic mass is 10.2. The summed E-state index contributed by atoms with van der Waals surface area (Å²) in [6.07, 6.45) is 1.52. The van der Waals surface area contributed by atoms with Crippen LogP contribution >= 0.6 is 0 Å². The van der Waals surface area contributed by atoms with Crippen molar-refractivity contribution in [1.82, 2.24) is 20.0 Å². The van der Waals surface area contributed by atoms with Gasteiger partial charge in [0.15, 0.2) is 5.82 Å². The van der Waals surface area contributed by atoms with Gasteiger partial charge in [0, 0.05) is 31.0 Å². The highest BCUT2D eigenvalue weighted by Crippen LogP contribution is 2.21. The van der Waals surface area contributed by atoms with Crippen LogP contribution in [0.1, 0.15) is 40.1 Å². The number of aromatic nitrogens is 3. The van der Waals surface area contributed by atoms with E-state index in [2.05, 4.69) is 20.8 Å². The highest BCUT2D eigenvalue weighted by atomic mass is 16.5. The van der Waals surface area contributed by atoms with E-state index in [-0.39, 0.29) is 17.5 Å². The van der Waals surface area contributed by atoms with Gasteiger partial charge in [0.2, 0.25) is 0 Å². The molecule has 0 fully saturated rings. The summed E-state index contributed by atoms with van der Waals surface area (Å²) in [6, 6.07) is 6.92. The number of pyridine rings is 1. The predicted octanol–water partition coefficient (Wildman–Crippen LogP) is 1.97. The molecule has 0 radical (unpaired) electrons. The first kappa shape index (κ1) is 15.4. The Balaban J connectivity index is 1.67. The van der Waals surface area contributed by atoms with Crippen LogP contribution in [0.25, 0.3) is 11.0 Å². The highest BCUT2D eigenvalue weighted by Gasteiger charge is 2.20. The van der Waals surface area contributed by atoms with Gasteiger partial charge in [-0.05, 0) is 24.6 Å². The van der Waals surface area contributed by atoms with Crippen LogP contribution in [0.2, 0.25) is 0 Å². The minimum Gasteiger partial charge on any atom is -0.359 e. The van der Waals surface area contributed by atoms with Gasteiger partial charge in [-0.3, -0.25) is 9.59 Å². The lowest BCUT2D eigenvalue weighted by Crippen LogP contribution is -2.22. The molecule has 8 heteroatoms. The molecular weight excluding hydrogens is 322 g/mol. The quantitative estimate of drug-likeness (QED) is 0.759. The second kappa shape index (κ2) is 6.04. The number of aryl methyl sites for hydroxylation is 2. The number of hydrogen-bond donors (Lipinski definition) is 2. The molecule has 0 spiro atoms. The molecular formula is C17H17N5O3. The average Bonchev–Trinajstić information content (AvgIpc) is 3.17. The molecule has 0 aliphatic carbocycles. The summed E-state index contributed by atoms with van der Waals surface area (Å²) >= 11 is 0. The second-order valence-electron chi connectivity index (χ2n) is 5.89. The van der Waals surface area contributed by atoms with Gasteiger partial charge in [-0.25, -0.2) is 4.98 Å². The van der Waals surface area contributed by atoms with Gasteiger partial charge in [0.25, 0.3) is 11.8 Å². The van der Waals surface area contributed by atoms with Crippen molar-refractivity contribution in [1.29, 1.82) is 0 Å². The predicted molar refractivity (Wildman–Crippen MR) is 90.5 cm³/mol. The molecule has 0 bridgehead atoms. The van der Waals surface area contributed by atoms with E-state index >= 15 is 0 Å². The summed E-state index contributed by atoms with van der Waals surface area (Å²) in [6.45, 7) is 3.25. The number of fused-ring (bicyclic) bond motifs is 3. The minimum atomic E-state index is -0.369. The largest absolute Gasteiger partial charge is 0.359 e. The van der Waals surface area contributed by atoms with Gasteiger partial charge in [0.1, 0.15) is 22.8 Å². The van der Waals surface area contributed by atoms with E-state index in [0.717, 1.165) is 11.8 Å². The zero-order valence-corrected chi connectivity index (χ0v) is 13.7. The summed E-state index contributed by atoms with van der Waals surface area (Å²) in [5, 5.41) is 10.2. The molecule has 0 unspecified atom stereocenters. The topological polar surface area (TPSA) is 102 Å². The van der Waals surface area contributed by atoms with E-state index in [0.29, 0.717) is 42.4 Å². The van der Waals surface area contributed by atoms with E-state index in [1.165, 1.54) is 0 Å². The van der Waals surface area contributed by atoms with Crippen molar-refractivity contribution in [2.45, 2.75) is 26.3 Å². The number of amides is 2. The zero-order valence-electron chi connectivity index (χ0n) is 13.7. The molecule has 0 saturated heterocycles. The van der Waals surface area contributed by atoms with Gasteiger partial charge in [0.05, 0.1) is 0 Å². The van der Waals surface area contributed by atoms with Crippen LogP contribution in [-0.2, 0) is 13.0 Å². The number of rotatable bonds is 3. The fourth-order valence-electron chi connectivity index (χ4n) is 2.92.